The number of nitrogens with zero attached hydrogens (tertiary/aromatic N) is 5. The van der Waals surface area contributed by atoms with Gasteiger partial charge in [0.2, 0.25) is 0 Å². The summed E-state index contributed by atoms with van der Waals surface area (Å²) in [6.07, 6.45) is 14.4. The summed E-state index contributed by atoms with van der Waals surface area (Å²) in [6, 6.07) is 1.91. The Morgan fingerprint density at radius 2 is 1.97 bits per heavy atom. The van der Waals surface area contributed by atoms with Crippen LogP contribution in [-0.2, 0) is 4.74 Å². The SMILES string of the molecule is N#Cc1cnc(N=C(N)/C=C(\N)CC2=CCC=C(CNCCN3CCOCC3)C=C2)cn1. The summed E-state index contributed by atoms with van der Waals surface area (Å²) in [5, 5.41) is 12.3. The predicted octanol–water partition coefficient (Wildman–Crippen LogP) is 1.30. The quantitative estimate of drug-likeness (QED) is 0.300. The van der Waals surface area contributed by atoms with Gasteiger partial charge in [0, 0.05) is 44.8 Å². The minimum atomic E-state index is 0.227. The van der Waals surface area contributed by atoms with Crippen LogP contribution in [0.2, 0.25) is 0 Å². The average Bonchev–Trinajstić information content (AvgIpc) is 3.03. The molecule has 0 saturated carbocycles. The summed E-state index contributed by atoms with van der Waals surface area (Å²) < 4.78 is 5.38. The highest BCUT2D eigenvalue weighted by atomic mass is 16.5. The third-order valence-electron chi connectivity index (χ3n) is 5.05. The summed E-state index contributed by atoms with van der Waals surface area (Å²) in [7, 11) is 0. The Hall–Kier alpha value is -3.32. The second-order valence-electron chi connectivity index (χ2n) is 7.56. The van der Waals surface area contributed by atoms with E-state index in [4.69, 9.17) is 21.5 Å². The molecule has 5 N–H and O–H groups in total. The predicted molar refractivity (Wildman–Crippen MR) is 125 cm³/mol. The molecule has 168 valence electrons. The van der Waals surface area contributed by atoms with E-state index in [1.54, 1.807) is 6.08 Å². The molecule has 9 nitrogen and oxygen atoms in total. The van der Waals surface area contributed by atoms with Crippen LogP contribution >= 0.6 is 0 Å². The van der Waals surface area contributed by atoms with Crippen molar-refractivity contribution < 1.29 is 4.74 Å². The minimum absolute atomic E-state index is 0.227. The molecule has 0 amide bonds. The van der Waals surface area contributed by atoms with Gasteiger partial charge in [-0.25, -0.2) is 15.0 Å². The number of nitrogens with one attached hydrogen (secondary N) is 1. The van der Waals surface area contributed by atoms with E-state index >= 15 is 0 Å². The third-order valence-corrected chi connectivity index (χ3v) is 5.05. The first kappa shape index (κ1) is 23.3. The Morgan fingerprint density at radius 1 is 1.19 bits per heavy atom. The molecule has 1 saturated heterocycles. The number of aromatic nitrogens is 2. The molecule has 32 heavy (non-hydrogen) atoms. The number of aliphatic imine (C=N–C) groups is 1. The zero-order valence-corrected chi connectivity index (χ0v) is 18.2. The molecule has 0 aromatic carbocycles. The van der Waals surface area contributed by atoms with Gasteiger partial charge in [-0.15, -0.1) is 0 Å². The molecular formula is C23H30N8O. The number of hydrogen-bond acceptors (Lipinski definition) is 8. The number of rotatable bonds is 9. The maximum absolute atomic E-state index is 8.76. The van der Waals surface area contributed by atoms with Gasteiger partial charge in [0.25, 0.3) is 0 Å². The highest BCUT2D eigenvalue weighted by Crippen LogP contribution is 2.16. The average molecular weight is 435 g/mol. The van der Waals surface area contributed by atoms with Crippen molar-refractivity contribution in [1.29, 1.82) is 5.26 Å². The van der Waals surface area contributed by atoms with Crippen LogP contribution in [0.4, 0.5) is 5.82 Å². The maximum Gasteiger partial charge on any atom is 0.172 e. The number of nitrogens with two attached hydrogens (primary N) is 2. The molecule has 1 fully saturated rings. The first-order valence-corrected chi connectivity index (χ1v) is 10.7. The highest BCUT2D eigenvalue weighted by Gasteiger charge is 2.09. The lowest BCUT2D eigenvalue weighted by atomic mass is 10.1. The molecule has 1 aromatic heterocycles. The van der Waals surface area contributed by atoms with Gasteiger partial charge >= 0.3 is 0 Å². The fraction of sp³-hybridized carbons (Fsp3) is 0.391. The zero-order valence-electron chi connectivity index (χ0n) is 18.2. The van der Waals surface area contributed by atoms with Crippen LogP contribution in [-0.4, -0.2) is 66.6 Å². The first-order chi connectivity index (χ1) is 15.6. The fourth-order valence-electron chi connectivity index (χ4n) is 3.35. The largest absolute Gasteiger partial charge is 0.402 e. The van der Waals surface area contributed by atoms with Crippen LogP contribution in [0.1, 0.15) is 18.5 Å². The van der Waals surface area contributed by atoms with Crippen LogP contribution in [0.5, 0.6) is 0 Å². The molecule has 1 aromatic rings. The lowest BCUT2D eigenvalue weighted by molar-refractivity contribution is 0.0385. The smallest absolute Gasteiger partial charge is 0.172 e. The molecule has 0 atom stereocenters. The Balaban J connectivity index is 1.44. The molecule has 1 aliphatic carbocycles. The van der Waals surface area contributed by atoms with E-state index in [-0.39, 0.29) is 11.5 Å². The van der Waals surface area contributed by atoms with Crippen molar-refractivity contribution in [2.75, 3.05) is 45.9 Å². The van der Waals surface area contributed by atoms with Crippen LogP contribution < -0.4 is 16.8 Å². The third kappa shape index (κ3) is 8.07. The van der Waals surface area contributed by atoms with Crippen LogP contribution in [0.3, 0.4) is 0 Å². The topological polar surface area (TPSA) is 138 Å². The Morgan fingerprint density at radius 3 is 2.72 bits per heavy atom. The first-order valence-electron chi connectivity index (χ1n) is 10.7. The summed E-state index contributed by atoms with van der Waals surface area (Å²) in [5.41, 5.74) is 15.3. The van der Waals surface area contributed by atoms with E-state index < -0.39 is 0 Å². The Labute approximate surface area is 188 Å². The number of morpholine rings is 1. The number of amidine groups is 1. The van der Waals surface area contributed by atoms with Crippen molar-refractivity contribution in [2.45, 2.75) is 12.8 Å². The van der Waals surface area contributed by atoms with Gasteiger partial charge in [-0.3, -0.25) is 4.90 Å². The normalized spacial score (nSPS) is 18.0. The van der Waals surface area contributed by atoms with Gasteiger partial charge in [-0.2, -0.15) is 5.26 Å². The second-order valence-corrected chi connectivity index (χ2v) is 7.56. The Kier molecular flexibility index (Phi) is 9.13. The highest BCUT2D eigenvalue weighted by molar-refractivity contribution is 5.93. The van der Waals surface area contributed by atoms with Crippen LogP contribution in [0.15, 0.2) is 64.6 Å². The van der Waals surface area contributed by atoms with Crippen molar-refractivity contribution in [3.8, 4) is 6.07 Å². The minimum Gasteiger partial charge on any atom is -0.402 e. The summed E-state index contributed by atoms with van der Waals surface area (Å²) >= 11 is 0. The molecule has 0 bridgehead atoms. The molecule has 1 aliphatic heterocycles. The molecular weight excluding hydrogens is 404 g/mol. The number of allylic oxidation sites excluding steroid dienone is 4. The van der Waals surface area contributed by atoms with E-state index in [2.05, 4.69) is 49.5 Å². The van der Waals surface area contributed by atoms with Crippen molar-refractivity contribution in [2.24, 2.45) is 16.5 Å². The number of ether oxygens (including phenoxy) is 1. The monoisotopic (exact) mass is 434 g/mol. The molecule has 0 radical (unpaired) electrons. The van der Waals surface area contributed by atoms with E-state index in [0.29, 0.717) is 17.9 Å². The van der Waals surface area contributed by atoms with Gasteiger partial charge in [-0.1, -0.05) is 24.3 Å². The van der Waals surface area contributed by atoms with Gasteiger partial charge in [-0.05, 0) is 23.6 Å². The standard InChI is InChI=1S/C23H30N8O/c24-14-21-16-29-23(17-28-21)30-22(26)13-20(25)12-18-2-1-3-19(5-4-18)15-27-6-7-31-8-10-32-11-9-31/h2-5,13,16-17,27H,1,6-12,15,25H2,(H2,26,29,30)/b20-13-. The van der Waals surface area contributed by atoms with Gasteiger partial charge < -0.3 is 21.5 Å². The van der Waals surface area contributed by atoms with E-state index in [1.165, 1.54) is 18.0 Å². The van der Waals surface area contributed by atoms with E-state index in [0.717, 1.165) is 57.9 Å². The molecule has 9 heteroatoms. The zero-order chi connectivity index (χ0) is 22.6. The number of hydrogen-bond donors (Lipinski definition) is 3. The molecule has 2 aliphatic rings. The van der Waals surface area contributed by atoms with E-state index in [9.17, 15) is 0 Å². The van der Waals surface area contributed by atoms with Gasteiger partial charge in [0.15, 0.2) is 11.5 Å². The van der Waals surface area contributed by atoms with Gasteiger partial charge in [0.1, 0.15) is 11.9 Å². The summed E-state index contributed by atoms with van der Waals surface area (Å²) in [6.45, 7) is 6.55. The van der Waals surface area contributed by atoms with Crippen LogP contribution in [0.25, 0.3) is 0 Å². The van der Waals surface area contributed by atoms with Gasteiger partial charge in [0.05, 0.1) is 25.6 Å². The number of nitriles is 1. The summed E-state index contributed by atoms with van der Waals surface area (Å²) in [5.74, 6) is 0.567. The van der Waals surface area contributed by atoms with Crippen LogP contribution in [0, 0.1) is 11.3 Å². The second kappa shape index (κ2) is 12.5. The van der Waals surface area contributed by atoms with Crippen molar-refractivity contribution in [1.82, 2.24) is 20.2 Å². The maximum atomic E-state index is 8.76. The molecule has 2 heterocycles. The summed E-state index contributed by atoms with van der Waals surface area (Å²) in [4.78, 5) is 14.5. The Bertz CT molecular complexity index is 947. The molecule has 0 unspecified atom stereocenters. The van der Waals surface area contributed by atoms with E-state index in [1.807, 2.05) is 6.07 Å². The fourth-order valence-corrected chi connectivity index (χ4v) is 3.35. The van der Waals surface area contributed by atoms with Crippen molar-refractivity contribution in [3.05, 3.63) is 65.3 Å². The molecule has 0 spiro atoms. The lowest BCUT2D eigenvalue weighted by Crippen LogP contribution is -2.40. The van der Waals surface area contributed by atoms with Crippen molar-refractivity contribution >= 4 is 11.7 Å². The lowest BCUT2D eigenvalue weighted by Gasteiger charge is -2.26. The molecule has 3 rings (SSSR count). The van der Waals surface area contributed by atoms with Crippen molar-refractivity contribution in [3.63, 3.8) is 0 Å².